The number of rotatable bonds is 2. The van der Waals surface area contributed by atoms with E-state index in [0.29, 0.717) is 18.7 Å². The van der Waals surface area contributed by atoms with Crippen molar-refractivity contribution < 1.29 is 9.59 Å². The molecule has 6 heterocycles. The Hall–Kier alpha value is -5.52. The third-order valence-electron chi connectivity index (χ3n) is 6.54. The standard InChI is InChI=1S/2C13H9N5O/c19-13-10-2-1-9(3-8(10)4-15-13)18-7-17-12-11(18)5-14-6-16-12;19-13-10-2-1-9(3-8(10)4-15-13)18-7-17-11-5-14-6-16-12(11)18/h2*1-3,5-7H,4H2,(H,15,19). The van der Waals surface area contributed by atoms with Gasteiger partial charge in [0.05, 0.1) is 12.4 Å². The van der Waals surface area contributed by atoms with Crippen LogP contribution in [-0.4, -0.2) is 50.9 Å². The predicted octanol–water partition coefficient (Wildman–Crippen LogP) is 2.12. The summed E-state index contributed by atoms with van der Waals surface area (Å²) in [5, 5.41) is 5.61. The number of carbonyl (C=O) groups excluding carboxylic acids is 2. The highest BCUT2D eigenvalue weighted by Gasteiger charge is 2.20. The molecule has 6 aromatic rings. The van der Waals surface area contributed by atoms with Crippen LogP contribution in [0.2, 0.25) is 0 Å². The van der Waals surface area contributed by atoms with E-state index in [9.17, 15) is 9.59 Å². The predicted molar refractivity (Wildman–Crippen MR) is 136 cm³/mol. The van der Waals surface area contributed by atoms with E-state index in [1.807, 2.05) is 45.5 Å². The van der Waals surface area contributed by atoms with E-state index in [4.69, 9.17) is 0 Å². The van der Waals surface area contributed by atoms with Crippen molar-refractivity contribution in [3.8, 4) is 11.4 Å². The lowest BCUT2D eigenvalue weighted by molar-refractivity contribution is 0.0957. The maximum Gasteiger partial charge on any atom is 0.251 e. The molecule has 38 heavy (non-hydrogen) atoms. The minimum Gasteiger partial charge on any atom is -0.348 e. The van der Waals surface area contributed by atoms with Gasteiger partial charge < -0.3 is 10.6 Å². The molecule has 0 spiro atoms. The van der Waals surface area contributed by atoms with Crippen LogP contribution in [0.3, 0.4) is 0 Å². The van der Waals surface area contributed by atoms with Crippen LogP contribution >= 0.6 is 0 Å². The summed E-state index contributed by atoms with van der Waals surface area (Å²) < 4.78 is 3.80. The van der Waals surface area contributed by atoms with Gasteiger partial charge in [-0.3, -0.25) is 18.7 Å². The van der Waals surface area contributed by atoms with E-state index < -0.39 is 0 Å². The number of fused-ring (bicyclic) bond motifs is 4. The van der Waals surface area contributed by atoms with Crippen molar-refractivity contribution in [1.82, 2.24) is 49.7 Å². The maximum atomic E-state index is 11.5. The molecule has 2 amide bonds. The highest BCUT2D eigenvalue weighted by atomic mass is 16.2. The summed E-state index contributed by atoms with van der Waals surface area (Å²) in [6.07, 6.45) is 9.81. The molecule has 0 unspecified atom stereocenters. The van der Waals surface area contributed by atoms with Crippen LogP contribution in [0.1, 0.15) is 31.8 Å². The molecule has 2 N–H and O–H groups in total. The minimum absolute atomic E-state index is 0.0135. The van der Waals surface area contributed by atoms with Crippen LogP contribution in [0.25, 0.3) is 33.7 Å². The lowest BCUT2D eigenvalue weighted by Gasteiger charge is -2.05. The van der Waals surface area contributed by atoms with Gasteiger partial charge in [0.25, 0.3) is 11.8 Å². The summed E-state index contributed by atoms with van der Waals surface area (Å²) in [4.78, 5) is 47.8. The Morgan fingerprint density at radius 1 is 0.684 bits per heavy atom. The Morgan fingerprint density at radius 3 is 2.05 bits per heavy atom. The smallest absolute Gasteiger partial charge is 0.251 e. The van der Waals surface area contributed by atoms with Gasteiger partial charge in [-0.25, -0.2) is 29.9 Å². The molecule has 0 fully saturated rings. The molecular weight excluding hydrogens is 484 g/mol. The second kappa shape index (κ2) is 8.55. The first-order chi connectivity index (χ1) is 18.7. The van der Waals surface area contributed by atoms with E-state index in [1.165, 1.54) is 12.7 Å². The molecule has 8 rings (SSSR count). The van der Waals surface area contributed by atoms with E-state index >= 15 is 0 Å². The highest BCUT2D eigenvalue weighted by molar-refractivity contribution is 5.99. The SMILES string of the molecule is O=C1NCc2cc(-n3cnc4cncnc43)ccc21.O=C1NCc2cc(-n3cnc4ncncc43)ccc21. The number of carbonyl (C=O) groups is 2. The van der Waals surface area contributed by atoms with Gasteiger partial charge in [0.1, 0.15) is 36.3 Å². The van der Waals surface area contributed by atoms with Gasteiger partial charge in [-0.05, 0) is 47.5 Å². The molecule has 0 saturated heterocycles. The fourth-order valence-corrected chi connectivity index (χ4v) is 4.66. The van der Waals surface area contributed by atoms with Crippen LogP contribution in [0.5, 0.6) is 0 Å². The molecule has 0 bridgehead atoms. The molecule has 0 atom stereocenters. The molecule has 2 aliphatic rings. The Balaban J connectivity index is 0.000000127. The van der Waals surface area contributed by atoms with Gasteiger partial charge in [-0.1, -0.05) is 0 Å². The molecule has 2 aromatic carbocycles. The number of hydrogen-bond donors (Lipinski definition) is 2. The van der Waals surface area contributed by atoms with Crippen molar-refractivity contribution in [1.29, 1.82) is 0 Å². The first-order valence-electron chi connectivity index (χ1n) is 11.7. The van der Waals surface area contributed by atoms with Gasteiger partial charge in [0.2, 0.25) is 0 Å². The molecule has 0 radical (unpaired) electrons. The maximum absolute atomic E-state index is 11.5. The van der Waals surface area contributed by atoms with Gasteiger partial charge in [-0.15, -0.1) is 0 Å². The molecule has 2 aliphatic heterocycles. The Kier molecular flexibility index (Phi) is 4.89. The Labute approximate surface area is 214 Å². The van der Waals surface area contributed by atoms with Crippen molar-refractivity contribution in [2.45, 2.75) is 13.1 Å². The fourth-order valence-electron chi connectivity index (χ4n) is 4.66. The molecule has 4 aromatic heterocycles. The van der Waals surface area contributed by atoms with Gasteiger partial charge in [-0.2, -0.15) is 0 Å². The molecule has 12 nitrogen and oxygen atoms in total. The summed E-state index contributed by atoms with van der Waals surface area (Å²) in [5.74, 6) is -0.0280. The van der Waals surface area contributed by atoms with Gasteiger partial charge >= 0.3 is 0 Å². The summed E-state index contributed by atoms with van der Waals surface area (Å²) in [7, 11) is 0. The van der Waals surface area contributed by atoms with Crippen LogP contribution in [-0.2, 0) is 13.1 Å². The fraction of sp³-hybridized carbons (Fsp3) is 0.0769. The molecule has 0 saturated carbocycles. The summed E-state index contributed by atoms with van der Waals surface area (Å²) in [6, 6.07) is 11.4. The number of imidazole rings is 2. The number of aromatic nitrogens is 8. The van der Waals surface area contributed by atoms with E-state index in [-0.39, 0.29) is 11.8 Å². The number of nitrogens with one attached hydrogen (secondary N) is 2. The molecule has 12 heteroatoms. The average molecular weight is 502 g/mol. The van der Waals surface area contributed by atoms with Crippen LogP contribution < -0.4 is 10.6 Å². The second-order valence-corrected chi connectivity index (χ2v) is 8.74. The summed E-state index contributed by atoms with van der Waals surface area (Å²) in [5.41, 5.74) is 8.38. The zero-order valence-electron chi connectivity index (χ0n) is 19.7. The van der Waals surface area contributed by atoms with Crippen LogP contribution in [0, 0.1) is 0 Å². The Bertz CT molecular complexity index is 1750. The first-order valence-corrected chi connectivity index (χ1v) is 11.7. The number of hydrogen-bond acceptors (Lipinski definition) is 8. The topological polar surface area (TPSA) is 145 Å². The first kappa shape index (κ1) is 21.7. The van der Waals surface area contributed by atoms with Crippen molar-refractivity contribution in [3.63, 3.8) is 0 Å². The van der Waals surface area contributed by atoms with Crippen molar-refractivity contribution in [2.75, 3.05) is 0 Å². The van der Waals surface area contributed by atoms with Crippen LogP contribution in [0.15, 0.2) is 74.1 Å². The largest absolute Gasteiger partial charge is 0.348 e. The number of benzene rings is 2. The van der Waals surface area contributed by atoms with Gasteiger partial charge in [0, 0.05) is 35.6 Å². The van der Waals surface area contributed by atoms with E-state index in [1.54, 1.807) is 25.0 Å². The molecule has 184 valence electrons. The average Bonchev–Trinajstić information content (AvgIpc) is 3.74. The van der Waals surface area contributed by atoms with Gasteiger partial charge in [0.15, 0.2) is 11.3 Å². The minimum atomic E-state index is -0.0145. The summed E-state index contributed by atoms with van der Waals surface area (Å²) in [6.45, 7) is 1.15. The third kappa shape index (κ3) is 3.54. The second-order valence-electron chi connectivity index (χ2n) is 8.74. The highest BCUT2D eigenvalue weighted by Crippen LogP contribution is 2.23. The van der Waals surface area contributed by atoms with Crippen molar-refractivity contribution in [3.05, 3.63) is 96.4 Å². The lowest BCUT2D eigenvalue weighted by Crippen LogP contribution is -2.12. The number of nitrogens with zero attached hydrogens (tertiary/aromatic N) is 8. The third-order valence-corrected chi connectivity index (χ3v) is 6.54. The molecule has 0 aliphatic carbocycles. The van der Waals surface area contributed by atoms with Crippen molar-refractivity contribution >= 4 is 34.1 Å². The van der Waals surface area contributed by atoms with Crippen LogP contribution in [0.4, 0.5) is 0 Å². The quantitative estimate of drug-likeness (QED) is 0.366. The van der Waals surface area contributed by atoms with Crippen molar-refractivity contribution in [2.24, 2.45) is 0 Å². The normalized spacial score (nSPS) is 13.6. The Morgan fingerprint density at radius 2 is 1.32 bits per heavy atom. The lowest BCUT2D eigenvalue weighted by atomic mass is 10.1. The zero-order chi connectivity index (χ0) is 25.6. The molecular formula is C26H18N10O2. The monoisotopic (exact) mass is 502 g/mol. The number of amides is 2. The van der Waals surface area contributed by atoms with E-state index in [0.717, 1.165) is 50.3 Å². The zero-order valence-corrected chi connectivity index (χ0v) is 19.7. The summed E-state index contributed by atoms with van der Waals surface area (Å²) >= 11 is 0. The van der Waals surface area contributed by atoms with E-state index in [2.05, 4.69) is 40.5 Å².